The Morgan fingerprint density at radius 3 is 2.21 bits per heavy atom. The molecule has 3 aromatic carbocycles. The van der Waals surface area contributed by atoms with Crippen LogP contribution in [0.15, 0.2) is 66.7 Å². The Hall–Kier alpha value is -3.47. The number of phenols is 1. The molecule has 3 rings (SSSR count). The van der Waals surface area contributed by atoms with Gasteiger partial charge in [-0.2, -0.15) is 0 Å². The lowest BCUT2D eigenvalue weighted by atomic mass is 9.95. The van der Waals surface area contributed by atoms with E-state index in [2.05, 4.69) is 0 Å². The van der Waals surface area contributed by atoms with E-state index in [-0.39, 0.29) is 23.7 Å². The van der Waals surface area contributed by atoms with Crippen molar-refractivity contribution in [2.45, 2.75) is 13.3 Å². The average Bonchev–Trinajstić information content (AvgIpc) is 2.71. The Kier molecular flexibility index (Phi) is 6.39. The van der Waals surface area contributed by atoms with E-state index in [4.69, 9.17) is 4.74 Å². The number of ether oxygens (including phenoxy) is 1. The zero-order chi connectivity index (χ0) is 20.8. The van der Waals surface area contributed by atoms with Crippen molar-refractivity contribution in [2.75, 3.05) is 6.61 Å². The minimum atomic E-state index is -0.645. The first-order valence-corrected chi connectivity index (χ1v) is 9.19. The van der Waals surface area contributed by atoms with Gasteiger partial charge in [-0.05, 0) is 59.9 Å². The van der Waals surface area contributed by atoms with Crippen LogP contribution in [-0.4, -0.2) is 17.7 Å². The van der Waals surface area contributed by atoms with Gasteiger partial charge in [0.15, 0.2) is 0 Å². The summed E-state index contributed by atoms with van der Waals surface area (Å²) in [6.07, 6.45) is 3.98. The Morgan fingerprint density at radius 2 is 1.59 bits per heavy atom. The third-order valence-corrected chi connectivity index (χ3v) is 4.41. The summed E-state index contributed by atoms with van der Waals surface area (Å²) in [4.78, 5) is 12.5. The van der Waals surface area contributed by atoms with Gasteiger partial charge >= 0.3 is 5.97 Å². The van der Waals surface area contributed by atoms with Crippen molar-refractivity contribution < 1.29 is 23.4 Å². The lowest BCUT2D eigenvalue weighted by Gasteiger charge is -2.14. The summed E-state index contributed by atoms with van der Waals surface area (Å²) in [6, 6.07) is 15.1. The molecule has 0 atom stereocenters. The van der Waals surface area contributed by atoms with Crippen molar-refractivity contribution in [1.29, 1.82) is 0 Å². The molecule has 148 valence electrons. The molecule has 3 aromatic rings. The van der Waals surface area contributed by atoms with Gasteiger partial charge in [-0.25, -0.2) is 13.6 Å². The molecule has 5 heteroatoms. The van der Waals surface area contributed by atoms with Gasteiger partial charge in [0.1, 0.15) is 22.9 Å². The Bertz CT molecular complexity index is 1020. The van der Waals surface area contributed by atoms with Gasteiger partial charge in [-0.15, -0.1) is 0 Å². The zero-order valence-corrected chi connectivity index (χ0v) is 15.9. The number of halogens is 2. The van der Waals surface area contributed by atoms with Crippen LogP contribution in [0.3, 0.4) is 0 Å². The number of hydrogen-bond acceptors (Lipinski definition) is 3. The van der Waals surface area contributed by atoms with Crippen LogP contribution in [0.2, 0.25) is 0 Å². The number of hydrogen-bond donors (Lipinski definition) is 1. The van der Waals surface area contributed by atoms with E-state index in [1.54, 1.807) is 49.4 Å². The summed E-state index contributed by atoms with van der Waals surface area (Å²) >= 11 is 0. The van der Waals surface area contributed by atoms with E-state index in [1.807, 2.05) is 6.08 Å². The summed E-state index contributed by atoms with van der Waals surface area (Å²) in [7, 11) is 0. The van der Waals surface area contributed by atoms with Crippen LogP contribution in [0.25, 0.3) is 17.2 Å². The molecule has 0 saturated heterocycles. The molecular weight excluding hydrogens is 374 g/mol. The van der Waals surface area contributed by atoms with Crippen LogP contribution in [0, 0.1) is 11.6 Å². The lowest BCUT2D eigenvalue weighted by Crippen LogP contribution is -2.08. The second-order valence-corrected chi connectivity index (χ2v) is 6.38. The molecule has 0 bridgehead atoms. The molecule has 0 fully saturated rings. The van der Waals surface area contributed by atoms with Crippen LogP contribution < -0.4 is 0 Å². The van der Waals surface area contributed by atoms with Gasteiger partial charge in [0.05, 0.1) is 6.61 Å². The zero-order valence-electron chi connectivity index (χ0n) is 15.9. The van der Waals surface area contributed by atoms with Crippen molar-refractivity contribution in [3.05, 3.63) is 95.1 Å². The van der Waals surface area contributed by atoms with E-state index in [1.165, 1.54) is 24.3 Å². The molecule has 0 aliphatic heterocycles. The number of esters is 1. The number of carbonyl (C=O) groups excluding carboxylic acids is 1. The molecule has 0 aliphatic carbocycles. The minimum absolute atomic E-state index is 0.0474. The molecule has 0 saturated carbocycles. The number of allylic oxidation sites excluding steroid dienone is 1. The molecule has 1 N–H and O–H groups in total. The number of aromatic hydroxyl groups is 1. The maximum absolute atomic E-state index is 13.3. The largest absolute Gasteiger partial charge is 0.507 e. The molecular formula is C24H20F2O3. The van der Waals surface area contributed by atoms with Gasteiger partial charge in [0.25, 0.3) is 0 Å². The Balaban J connectivity index is 1.94. The highest BCUT2D eigenvalue weighted by atomic mass is 19.1. The van der Waals surface area contributed by atoms with E-state index in [9.17, 15) is 18.7 Å². The number of benzene rings is 3. The first-order chi connectivity index (χ1) is 14.0. The number of carbonyl (C=O) groups is 1. The maximum atomic E-state index is 13.3. The van der Waals surface area contributed by atoms with Gasteiger partial charge < -0.3 is 9.84 Å². The summed E-state index contributed by atoms with van der Waals surface area (Å²) in [5.74, 6) is -1.52. The fourth-order valence-electron chi connectivity index (χ4n) is 2.97. The van der Waals surface area contributed by atoms with E-state index < -0.39 is 11.8 Å². The Morgan fingerprint density at radius 1 is 0.966 bits per heavy atom. The van der Waals surface area contributed by atoms with Crippen LogP contribution in [-0.2, 0) is 11.2 Å². The first-order valence-electron chi connectivity index (χ1n) is 9.19. The van der Waals surface area contributed by atoms with E-state index in [0.717, 1.165) is 5.56 Å². The van der Waals surface area contributed by atoms with Crippen molar-refractivity contribution in [1.82, 2.24) is 0 Å². The smallest absolute Gasteiger partial charge is 0.342 e. The second-order valence-electron chi connectivity index (χ2n) is 6.38. The van der Waals surface area contributed by atoms with Gasteiger partial charge in [0.2, 0.25) is 0 Å². The third kappa shape index (κ3) is 4.88. The van der Waals surface area contributed by atoms with Crippen LogP contribution in [0.1, 0.15) is 28.4 Å². The molecule has 0 radical (unpaired) electrons. The Labute approximate surface area is 167 Å². The van der Waals surface area contributed by atoms with Crippen molar-refractivity contribution in [3.63, 3.8) is 0 Å². The highest BCUT2D eigenvalue weighted by Gasteiger charge is 2.21. The van der Waals surface area contributed by atoms with Gasteiger partial charge in [-0.3, -0.25) is 0 Å². The van der Waals surface area contributed by atoms with Crippen molar-refractivity contribution >= 4 is 12.0 Å². The van der Waals surface area contributed by atoms with Crippen LogP contribution in [0.5, 0.6) is 5.75 Å². The monoisotopic (exact) mass is 394 g/mol. The van der Waals surface area contributed by atoms with Crippen molar-refractivity contribution in [3.8, 4) is 16.9 Å². The third-order valence-electron chi connectivity index (χ3n) is 4.41. The second kappa shape index (κ2) is 9.15. The summed E-state index contributed by atoms with van der Waals surface area (Å²) in [5.41, 5.74) is 2.47. The minimum Gasteiger partial charge on any atom is -0.507 e. The van der Waals surface area contributed by atoms with Crippen LogP contribution in [0.4, 0.5) is 8.78 Å². The van der Waals surface area contributed by atoms with Crippen LogP contribution >= 0.6 is 0 Å². The molecule has 0 aromatic heterocycles. The molecule has 0 amide bonds. The predicted molar refractivity (Wildman–Crippen MR) is 109 cm³/mol. The normalized spacial score (nSPS) is 11.0. The van der Waals surface area contributed by atoms with Gasteiger partial charge in [0, 0.05) is 0 Å². The predicted octanol–water partition coefficient (Wildman–Crippen LogP) is 5.77. The average molecular weight is 394 g/mol. The maximum Gasteiger partial charge on any atom is 0.342 e. The summed E-state index contributed by atoms with van der Waals surface area (Å²) in [6.45, 7) is 1.84. The summed E-state index contributed by atoms with van der Waals surface area (Å²) < 4.78 is 31.4. The fourth-order valence-corrected chi connectivity index (χ4v) is 2.97. The molecule has 0 unspecified atom stereocenters. The molecule has 0 heterocycles. The molecule has 0 aliphatic rings. The van der Waals surface area contributed by atoms with Gasteiger partial charge in [-0.1, -0.05) is 48.6 Å². The fraction of sp³-hybridized carbons (Fsp3) is 0.125. The highest BCUT2D eigenvalue weighted by Crippen LogP contribution is 2.34. The SMILES string of the molecule is CCOC(=O)c1c(-c2ccc(F)cc2)ccc(C/C=C/c2ccc(F)cc2)c1O. The highest BCUT2D eigenvalue weighted by molar-refractivity contribution is 6.00. The topological polar surface area (TPSA) is 46.5 Å². The standard InChI is InChI=1S/C24H20F2O3/c1-2-29-24(28)22-21(17-8-13-20(26)14-9-17)15-10-18(23(22)27)5-3-4-16-6-11-19(25)12-7-16/h3-4,6-15,27H,2,5H2,1H3/b4-3+. The molecule has 0 spiro atoms. The lowest BCUT2D eigenvalue weighted by molar-refractivity contribution is 0.0524. The number of rotatable bonds is 6. The van der Waals surface area contributed by atoms with E-state index >= 15 is 0 Å². The molecule has 29 heavy (non-hydrogen) atoms. The van der Waals surface area contributed by atoms with Crippen molar-refractivity contribution in [2.24, 2.45) is 0 Å². The summed E-state index contributed by atoms with van der Waals surface area (Å²) in [5, 5.41) is 10.8. The first kappa shape index (κ1) is 20.3. The number of phenolic OH excluding ortho intramolecular Hbond substituents is 1. The molecule has 3 nitrogen and oxygen atoms in total. The quantitative estimate of drug-likeness (QED) is 0.540. The van der Waals surface area contributed by atoms with E-state index in [0.29, 0.717) is 23.1 Å².